The zero-order valence-electron chi connectivity index (χ0n) is 40.5. The van der Waals surface area contributed by atoms with Crippen molar-refractivity contribution in [2.75, 3.05) is 52.8 Å². The standard InChI is InChI=1S/C48H67N7O18/c1-54(2)19-6-9-22-27(12-19)67-28-13-20(55(3)4)7-10-23(28)32(22)21-8-5-18(11-24(21)45(65)66)44(64)53-15-29-36(59)38(61)33(51)46(68-29)72-42-31(17-57)70-48(40(42)63)73-43-35(58)25(49)14-26(50)41(43)71-47-34(52)39(62)37(60)30(16-56)69-47/h5-13,25-27,29-31,33-43,46-48,56-63H,14-17,49-52H2,1-4H3,(H,53,64)(H,65,66)/t25-,26+,27?,29+,30-,31-,33-,34-,35+,36-,37-,38-,39-,40-,41-,42-,43-,46-,47-,48+/m1/s1. The van der Waals surface area contributed by atoms with Gasteiger partial charge >= 0.3 is 5.97 Å². The van der Waals surface area contributed by atoms with Crippen LogP contribution in [0.2, 0.25) is 0 Å². The molecular weight excluding hydrogens is 963 g/mol. The number of hydrogen-bond donors (Lipinski definition) is 14. The average molecular weight is 1030 g/mol. The number of carboxylic acids is 1. The second kappa shape index (κ2) is 22.2. The molecule has 0 aromatic heterocycles. The van der Waals surface area contributed by atoms with Crippen LogP contribution in [0.15, 0.2) is 65.9 Å². The molecule has 2 aromatic rings. The average Bonchev–Trinajstić information content (AvgIpc) is 3.66. The molecule has 4 aliphatic heterocycles. The summed E-state index contributed by atoms with van der Waals surface area (Å²) in [6, 6.07) is 5.13. The SMILES string of the molecule is CN(C)C1=CC2Oc3cc(N(C)C)ccc3C(c3ccc(C(=O)NC[C@@H]4O[C@H](O[C@H]5[C@@H](O)[C@H](O[C@@H]6[C@@H](O)[C@H](N)C[C@H](N)[C@H]6O[C@H]6O[C@H](CO)[C@@H](O)[C@H](O)[C@H]6N)O[C@@H]5CO)[C@H](N)[C@@H](O)[C@@H]4O)cc3C(=O)O)=C2C=C1. The van der Waals surface area contributed by atoms with Gasteiger partial charge in [-0.05, 0) is 48.4 Å². The summed E-state index contributed by atoms with van der Waals surface area (Å²) in [7, 11) is 7.59. The lowest BCUT2D eigenvalue weighted by atomic mass is 9.83. The molecular formula is C48H67N7O18. The van der Waals surface area contributed by atoms with Gasteiger partial charge in [-0.25, -0.2) is 4.79 Å². The maximum absolute atomic E-state index is 13.8. The summed E-state index contributed by atoms with van der Waals surface area (Å²) < 4.78 is 42.0. The molecule has 2 aromatic carbocycles. The predicted octanol–water partition coefficient (Wildman–Crippen LogP) is -5.05. The fraction of sp³-hybridized carbons (Fsp3) is 0.583. The van der Waals surface area contributed by atoms with E-state index in [2.05, 4.69) is 5.32 Å². The van der Waals surface area contributed by atoms with Gasteiger partial charge in [-0.1, -0.05) is 12.1 Å². The zero-order chi connectivity index (χ0) is 52.9. The molecule has 20 atom stereocenters. The smallest absolute Gasteiger partial charge is 0.336 e. The maximum atomic E-state index is 13.8. The molecule has 4 heterocycles. The molecule has 4 fully saturated rings. The zero-order valence-corrected chi connectivity index (χ0v) is 40.5. The van der Waals surface area contributed by atoms with Crippen molar-refractivity contribution < 1.29 is 88.7 Å². The van der Waals surface area contributed by atoms with Crippen molar-refractivity contribution >= 4 is 23.1 Å². The van der Waals surface area contributed by atoms with Crippen LogP contribution in [0.25, 0.3) is 5.57 Å². The number of carboxylic acid groups (broad SMARTS) is 1. The van der Waals surface area contributed by atoms with E-state index < -0.39 is 154 Å². The minimum atomic E-state index is -1.78. The van der Waals surface area contributed by atoms with Crippen LogP contribution in [0.5, 0.6) is 5.75 Å². The van der Waals surface area contributed by atoms with E-state index in [-0.39, 0.29) is 17.5 Å². The van der Waals surface area contributed by atoms with Gasteiger partial charge in [0.25, 0.3) is 5.91 Å². The van der Waals surface area contributed by atoms with Crippen LogP contribution in [0, 0.1) is 0 Å². The molecule has 1 unspecified atom stereocenters. The topological polar surface area (TPSA) is 403 Å². The van der Waals surface area contributed by atoms with Crippen LogP contribution >= 0.6 is 0 Å². The summed E-state index contributed by atoms with van der Waals surface area (Å²) in [6.07, 6.45) is -17.8. The number of aliphatic hydroxyl groups is 8. The molecule has 8 rings (SSSR count). The van der Waals surface area contributed by atoms with Crippen LogP contribution < -0.4 is 37.9 Å². The van der Waals surface area contributed by atoms with Gasteiger partial charge in [0.1, 0.15) is 79.0 Å². The molecule has 0 spiro atoms. The van der Waals surface area contributed by atoms with Gasteiger partial charge < -0.3 is 117 Å². The Morgan fingerprint density at radius 1 is 0.671 bits per heavy atom. The van der Waals surface area contributed by atoms with Gasteiger partial charge in [-0.3, -0.25) is 4.79 Å². The van der Waals surface area contributed by atoms with Crippen LogP contribution in [0.3, 0.4) is 0 Å². The van der Waals surface area contributed by atoms with Crippen molar-refractivity contribution in [1.82, 2.24) is 10.2 Å². The van der Waals surface area contributed by atoms with Crippen molar-refractivity contribution in [2.45, 2.75) is 129 Å². The number of anilines is 1. The number of allylic oxidation sites excluding steroid dienone is 1. The van der Waals surface area contributed by atoms with E-state index in [1.807, 2.05) is 74.4 Å². The Morgan fingerprint density at radius 3 is 1.90 bits per heavy atom. The third kappa shape index (κ3) is 10.8. The van der Waals surface area contributed by atoms with Gasteiger partial charge in [0.05, 0.1) is 37.0 Å². The number of ether oxygens (including phenoxy) is 7. The molecule has 6 aliphatic rings. The Morgan fingerprint density at radius 2 is 1.27 bits per heavy atom. The molecule has 1 saturated carbocycles. The lowest BCUT2D eigenvalue weighted by Crippen LogP contribution is -2.68. The Labute approximate surface area is 419 Å². The van der Waals surface area contributed by atoms with E-state index in [4.69, 9.17) is 56.1 Å². The normalized spacial score (nSPS) is 38.2. The second-order valence-electron chi connectivity index (χ2n) is 19.5. The molecule has 1 amide bonds. The Balaban J connectivity index is 0.965. The maximum Gasteiger partial charge on any atom is 0.336 e. The van der Waals surface area contributed by atoms with E-state index in [0.29, 0.717) is 28.0 Å². The first kappa shape index (κ1) is 54.5. The minimum absolute atomic E-state index is 0.00162. The molecule has 73 heavy (non-hydrogen) atoms. The van der Waals surface area contributed by atoms with Gasteiger partial charge in [0.15, 0.2) is 18.9 Å². The van der Waals surface area contributed by atoms with Gasteiger partial charge in [0, 0.05) is 86.5 Å². The summed E-state index contributed by atoms with van der Waals surface area (Å²) in [5.41, 5.74) is 28.8. The lowest BCUT2D eigenvalue weighted by molar-refractivity contribution is -0.310. The number of nitrogens with zero attached hydrogens (tertiary/aromatic N) is 2. The molecule has 18 N–H and O–H groups in total. The number of carbonyl (C=O) groups excluding carboxylic acids is 1. The number of carbonyl (C=O) groups is 2. The molecule has 0 bridgehead atoms. The number of nitrogens with one attached hydrogen (secondary N) is 1. The van der Waals surface area contributed by atoms with Crippen molar-refractivity contribution in [3.63, 3.8) is 0 Å². The predicted molar refractivity (Wildman–Crippen MR) is 255 cm³/mol. The highest BCUT2D eigenvalue weighted by Crippen LogP contribution is 2.45. The summed E-state index contributed by atoms with van der Waals surface area (Å²) in [5, 5.41) is 99.1. The Hall–Kier alpha value is -4.72. The first-order valence-corrected chi connectivity index (χ1v) is 23.8. The highest BCUT2D eigenvalue weighted by Gasteiger charge is 2.54. The van der Waals surface area contributed by atoms with Crippen molar-refractivity contribution in [3.05, 3.63) is 88.2 Å². The van der Waals surface area contributed by atoms with Crippen LogP contribution in [0.4, 0.5) is 5.69 Å². The minimum Gasteiger partial charge on any atom is -0.481 e. The molecule has 25 heteroatoms. The monoisotopic (exact) mass is 1030 g/mol. The first-order chi connectivity index (χ1) is 34.6. The van der Waals surface area contributed by atoms with E-state index in [1.165, 1.54) is 12.1 Å². The van der Waals surface area contributed by atoms with Gasteiger partial charge in [0.2, 0.25) is 0 Å². The number of benzene rings is 2. The number of fused-ring (bicyclic) bond motifs is 2. The number of nitrogens with two attached hydrogens (primary N) is 4. The van der Waals surface area contributed by atoms with Gasteiger partial charge in [-0.15, -0.1) is 0 Å². The number of aromatic carboxylic acids is 1. The number of aliphatic hydroxyl groups excluding tert-OH is 8. The quantitative estimate of drug-likeness (QED) is 0.0794. The second-order valence-corrected chi connectivity index (χ2v) is 19.5. The third-order valence-corrected chi connectivity index (χ3v) is 14.2. The number of hydrogen-bond acceptors (Lipinski definition) is 23. The highest BCUT2D eigenvalue weighted by molar-refractivity contribution is 6.03. The molecule has 3 saturated heterocycles. The number of rotatable bonds is 15. The first-order valence-electron chi connectivity index (χ1n) is 23.8. The molecule has 25 nitrogen and oxygen atoms in total. The van der Waals surface area contributed by atoms with E-state index in [1.54, 1.807) is 6.07 Å². The van der Waals surface area contributed by atoms with Crippen LogP contribution in [-0.2, 0) is 28.4 Å². The van der Waals surface area contributed by atoms with Crippen molar-refractivity contribution in [3.8, 4) is 5.75 Å². The molecule has 402 valence electrons. The van der Waals surface area contributed by atoms with E-state index in [9.17, 15) is 55.5 Å². The molecule has 2 aliphatic carbocycles. The fourth-order valence-corrected chi connectivity index (χ4v) is 9.93. The summed E-state index contributed by atoms with van der Waals surface area (Å²) in [6.45, 7) is -1.93. The number of amides is 1. The van der Waals surface area contributed by atoms with Crippen molar-refractivity contribution in [2.24, 2.45) is 22.9 Å². The summed E-state index contributed by atoms with van der Waals surface area (Å²) in [5.74, 6) is -1.52. The third-order valence-electron chi connectivity index (χ3n) is 14.2. The largest absolute Gasteiger partial charge is 0.481 e. The van der Waals surface area contributed by atoms with E-state index >= 15 is 0 Å². The highest BCUT2D eigenvalue weighted by atomic mass is 16.8. The fourth-order valence-electron chi connectivity index (χ4n) is 9.93. The lowest BCUT2D eigenvalue weighted by Gasteiger charge is -2.47. The van der Waals surface area contributed by atoms with E-state index in [0.717, 1.165) is 11.4 Å². The Bertz CT molecular complexity index is 2430. The van der Waals surface area contributed by atoms with Crippen LogP contribution in [-0.4, -0.2) is 233 Å². The number of likely N-dealkylation sites (N-methyl/N-ethyl adjacent to an activating group) is 1. The summed E-state index contributed by atoms with van der Waals surface area (Å²) >= 11 is 0. The Kier molecular flexibility index (Phi) is 16.6. The summed E-state index contributed by atoms with van der Waals surface area (Å²) in [4.78, 5) is 30.7. The van der Waals surface area contributed by atoms with Crippen LogP contribution in [0.1, 0.15) is 38.3 Å². The molecule has 0 radical (unpaired) electrons. The van der Waals surface area contributed by atoms with Gasteiger partial charge in [-0.2, -0.15) is 0 Å². The van der Waals surface area contributed by atoms with Crippen molar-refractivity contribution in [1.29, 1.82) is 0 Å².